The number of methoxy groups -OCH3 is 2. The van der Waals surface area contributed by atoms with Gasteiger partial charge in [0.2, 0.25) is 5.60 Å². The summed E-state index contributed by atoms with van der Waals surface area (Å²) in [4.78, 5) is 25.0. The van der Waals surface area contributed by atoms with E-state index in [1.165, 1.54) is 0 Å². The van der Waals surface area contributed by atoms with E-state index in [-0.39, 0.29) is 43.1 Å². The molecule has 226 valence electrons. The maximum Gasteiger partial charge on any atom is 0.426 e. The predicted octanol–water partition coefficient (Wildman–Crippen LogP) is 3.08. The quantitative estimate of drug-likeness (QED) is 0.207. The molecule has 0 spiro atoms. The molecule has 3 unspecified atom stereocenters. The summed E-state index contributed by atoms with van der Waals surface area (Å²) < 4.78 is 54.7. The average molecular weight is 586 g/mol. The number of para-hydroxylation sites is 1. The number of hydrogen-bond acceptors (Lipinski definition) is 7. The molecule has 0 saturated heterocycles. The highest BCUT2D eigenvalue weighted by atomic mass is 35.5. The minimum atomic E-state index is -4.94. The lowest BCUT2D eigenvalue weighted by Crippen LogP contribution is -2.58. The molecule has 5 N–H and O–H groups in total. The Morgan fingerprint density at radius 2 is 1.67 bits per heavy atom. The molecule has 2 amide bonds. The third-order valence-electron chi connectivity index (χ3n) is 6.52. The Morgan fingerprint density at radius 1 is 1.05 bits per heavy atom. The van der Waals surface area contributed by atoms with Gasteiger partial charge in [-0.3, -0.25) is 9.59 Å². The molecular formula is C26H43ClF3N3O6. The summed E-state index contributed by atoms with van der Waals surface area (Å²) in [7, 11) is 2.41. The van der Waals surface area contributed by atoms with Crippen molar-refractivity contribution in [2.75, 3.05) is 40.5 Å². The number of nitrogens with one attached hydrogen (secondary N) is 2. The van der Waals surface area contributed by atoms with Gasteiger partial charge >= 0.3 is 6.18 Å². The Bertz CT molecular complexity index is 878. The van der Waals surface area contributed by atoms with Crippen LogP contribution in [0, 0.1) is 11.8 Å². The van der Waals surface area contributed by atoms with Gasteiger partial charge in [0.05, 0.1) is 18.3 Å². The number of benzene rings is 1. The van der Waals surface area contributed by atoms with Crippen LogP contribution < -0.4 is 21.1 Å². The van der Waals surface area contributed by atoms with E-state index in [0.717, 1.165) is 20.0 Å². The normalized spacial score (nSPS) is 15.5. The lowest BCUT2D eigenvalue weighted by Gasteiger charge is -2.31. The Kier molecular flexibility index (Phi) is 16.6. The average Bonchev–Trinajstić information content (AvgIpc) is 2.87. The molecule has 9 nitrogen and oxygen atoms in total. The fourth-order valence-corrected chi connectivity index (χ4v) is 3.58. The van der Waals surface area contributed by atoms with Crippen molar-refractivity contribution in [1.82, 2.24) is 10.6 Å². The molecule has 0 radical (unpaired) electrons. The maximum atomic E-state index is 13.2. The second-order valence-corrected chi connectivity index (χ2v) is 9.67. The van der Waals surface area contributed by atoms with E-state index in [1.807, 2.05) is 13.8 Å². The molecule has 0 aliphatic heterocycles. The zero-order valence-corrected chi connectivity index (χ0v) is 24.0. The van der Waals surface area contributed by atoms with Gasteiger partial charge in [0.25, 0.3) is 11.8 Å². The smallest absolute Gasteiger partial charge is 0.426 e. The van der Waals surface area contributed by atoms with Gasteiger partial charge in [-0.05, 0) is 50.2 Å². The molecule has 0 bridgehead atoms. The molecule has 1 rings (SSSR count). The molecule has 0 fully saturated rings. The van der Waals surface area contributed by atoms with Gasteiger partial charge in [-0.25, -0.2) is 0 Å². The third-order valence-corrected chi connectivity index (χ3v) is 6.52. The molecule has 13 heteroatoms. The van der Waals surface area contributed by atoms with Gasteiger partial charge in [-0.2, -0.15) is 13.2 Å². The molecule has 0 heterocycles. The van der Waals surface area contributed by atoms with Crippen LogP contribution in [0.15, 0.2) is 24.3 Å². The summed E-state index contributed by atoms with van der Waals surface area (Å²) in [6.45, 7) is 5.31. The van der Waals surface area contributed by atoms with Crippen LogP contribution in [0.3, 0.4) is 0 Å². The SMILES string of the molecule is COCCCCOc1ccccc1C(=O)NCC(CC(N)C(O)CNC(=O)[C@](C)(OC)C(F)(F)F)C(C)C.Cl. The second-order valence-electron chi connectivity index (χ2n) is 9.67. The Labute approximate surface area is 234 Å². The highest BCUT2D eigenvalue weighted by Crippen LogP contribution is 2.33. The number of carbonyl (C=O) groups is 2. The number of carbonyl (C=O) groups excluding carboxylic acids is 2. The number of aliphatic hydroxyl groups is 1. The zero-order valence-electron chi connectivity index (χ0n) is 23.2. The molecule has 0 aliphatic carbocycles. The van der Waals surface area contributed by atoms with Crippen LogP contribution in [0.1, 0.15) is 50.4 Å². The summed E-state index contributed by atoms with van der Waals surface area (Å²) in [6.07, 6.45) is -4.37. The van der Waals surface area contributed by atoms with Crippen LogP contribution >= 0.6 is 12.4 Å². The first-order valence-corrected chi connectivity index (χ1v) is 12.6. The van der Waals surface area contributed by atoms with Crippen LogP contribution in [0.5, 0.6) is 5.75 Å². The largest absolute Gasteiger partial charge is 0.493 e. The van der Waals surface area contributed by atoms with E-state index in [9.17, 15) is 27.9 Å². The minimum Gasteiger partial charge on any atom is -0.493 e. The number of ether oxygens (including phenoxy) is 3. The summed E-state index contributed by atoms with van der Waals surface area (Å²) in [6, 6.07) is 6.04. The number of hydrogen-bond donors (Lipinski definition) is 4. The van der Waals surface area contributed by atoms with E-state index in [0.29, 0.717) is 31.5 Å². The van der Waals surface area contributed by atoms with Gasteiger partial charge in [-0.1, -0.05) is 26.0 Å². The molecule has 0 saturated carbocycles. The lowest BCUT2D eigenvalue weighted by molar-refractivity contribution is -0.253. The first-order valence-electron chi connectivity index (χ1n) is 12.6. The summed E-state index contributed by atoms with van der Waals surface area (Å²) in [5.41, 5.74) is 3.44. The highest BCUT2D eigenvalue weighted by molar-refractivity contribution is 5.96. The number of halogens is 4. The van der Waals surface area contributed by atoms with Gasteiger partial charge in [0, 0.05) is 40.0 Å². The fraction of sp³-hybridized carbons (Fsp3) is 0.692. The van der Waals surface area contributed by atoms with Crippen molar-refractivity contribution in [3.63, 3.8) is 0 Å². The topological polar surface area (TPSA) is 132 Å². The van der Waals surface area contributed by atoms with Crippen molar-refractivity contribution >= 4 is 24.2 Å². The van der Waals surface area contributed by atoms with E-state index >= 15 is 0 Å². The van der Waals surface area contributed by atoms with Gasteiger partial charge in [0.1, 0.15) is 5.75 Å². The van der Waals surface area contributed by atoms with Crippen molar-refractivity contribution in [3.05, 3.63) is 29.8 Å². The molecule has 1 aromatic carbocycles. The van der Waals surface area contributed by atoms with E-state index < -0.39 is 36.4 Å². The molecule has 1 aromatic rings. The number of nitrogens with two attached hydrogens (primary N) is 1. The van der Waals surface area contributed by atoms with E-state index in [2.05, 4.69) is 15.4 Å². The Morgan fingerprint density at radius 3 is 2.23 bits per heavy atom. The number of rotatable bonds is 17. The van der Waals surface area contributed by atoms with Crippen molar-refractivity contribution in [1.29, 1.82) is 0 Å². The first kappa shape index (κ1) is 36.9. The van der Waals surface area contributed by atoms with Crippen LogP contribution in [0.25, 0.3) is 0 Å². The van der Waals surface area contributed by atoms with Crippen LogP contribution in [-0.4, -0.2) is 81.4 Å². The molecule has 39 heavy (non-hydrogen) atoms. The second kappa shape index (κ2) is 17.5. The standard InChI is InChI=1S/C26H42F3N3O6.ClH/c1-17(2)18(14-20(30)21(33)16-32-24(35)25(3,37-5)26(27,28)29)15-31-23(34)19-10-6-7-11-22(19)38-13-9-8-12-36-4;/h6-7,10-11,17-18,20-21,33H,8-9,12-16,30H2,1-5H3,(H,31,34)(H,32,35);1H/t18?,20?,21?,25-;/m0./s1. The van der Waals surface area contributed by atoms with Gasteiger partial charge in [-0.15, -0.1) is 12.4 Å². The zero-order chi connectivity index (χ0) is 28.9. The number of aliphatic hydroxyl groups excluding tert-OH is 1. The lowest BCUT2D eigenvalue weighted by atomic mass is 9.87. The Hall–Kier alpha value is -2.12. The van der Waals surface area contributed by atoms with Gasteiger partial charge in [0.15, 0.2) is 0 Å². The van der Waals surface area contributed by atoms with Crippen LogP contribution in [0.2, 0.25) is 0 Å². The summed E-state index contributed by atoms with van der Waals surface area (Å²) >= 11 is 0. The third kappa shape index (κ3) is 11.5. The van der Waals surface area contributed by atoms with Crippen LogP contribution in [-0.2, 0) is 14.3 Å². The molecule has 0 aromatic heterocycles. The fourth-order valence-electron chi connectivity index (χ4n) is 3.58. The van der Waals surface area contributed by atoms with E-state index in [4.69, 9.17) is 15.2 Å². The molecular weight excluding hydrogens is 543 g/mol. The van der Waals surface area contributed by atoms with Gasteiger partial charge < -0.3 is 35.7 Å². The van der Waals surface area contributed by atoms with Crippen molar-refractivity contribution < 1.29 is 42.1 Å². The van der Waals surface area contributed by atoms with Crippen molar-refractivity contribution in [3.8, 4) is 5.75 Å². The monoisotopic (exact) mass is 585 g/mol. The first-order chi connectivity index (χ1) is 17.8. The molecule has 4 atom stereocenters. The maximum absolute atomic E-state index is 13.2. The Balaban J connectivity index is 0.0000144. The number of alkyl halides is 3. The number of unbranched alkanes of at least 4 members (excludes halogenated alkanes) is 1. The number of amides is 2. The summed E-state index contributed by atoms with van der Waals surface area (Å²) in [5, 5.41) is 15.3. The molecule has 0 aliphatic rings. The van der Waals surface area contributed by atoms with Crippen molar-refractivity contribution in [2.24, 2.45) is 17.6 Å². The van der Waals surface area contributed by atoms with E-state index in [1.54, 1.807) is 31.4 Å². The van der Waals surface area contributed by atoms with Crippen molar-refractivity contribution in [2.45, 2.75) is 64.0 Å². The minimum absolute atomic E-state index is 0. The predicted molar refractivity (Wildman–Crippen MR) is 144 cm³/mol. The summed E-state index contributed by atoms with van der Waals surface area (Å²) in [5.74, 6) is -1.37. The highest BCUT2D eigenvalue weighted by Gasteiger charge is 2.57. The van der Waals surface area contributed by atoms with Crippen LogP contribution in [0.4, 0.5) is 13.2 Å².